The highest BCUT2D eigenvalue weighted by molar-refractivity contribution is 6.05. The summed E-state index contributed by atoms with van der Waals surface area (Å²) in [5.74, 6) is -1.38. The van der Waals surface area contributed by atoms with Gasteiger partial charge in [-0.25, -0.2) is 4.79 Å². The molecule has 1 atom stereocenters. The molecule has 0 aliphatic carbocycles. The van der Waals surface area contributed by atoms with Crippen molar-refractivity contribution in [1.29, 1.82) is 0 Å². The predicted molar refractivity (Wildman–Crippen MR) is 79.3 cm³/mol. The highest BCUT2D eigenvalue weighted by atomic mass is 19.4. The van der Waals surface area contributed by atoms with Crippen LogP contribution in [0.1, 0.15) is 12.0 Å². The van der Waals surface area contributed by atoms with Crippen LogP contribution in [0.25, 0.3) is 0 Å². The third-order valence-electron chi connectivity index (χ3n) is 3.67. The van der Waals surface area contributed by atoms with Crippen LogP contribution in [0.4, 0.5) is 18.0 Å². The monoisotopic (exact) mass is 359 g/mol. The fraction of sp³-hybridized carbons (Fsp3) is 0.400. The number of alkyl halides is 3. The maximum atomic E-state index is 12.2. The summed E-state index contributed by atoms with van der Waals surface area (Å²) in [7, 11) is 2.74. The zero-order valence-corrected chi connectivity index (χ0v) is 13.5. The van der Waals surface area contributed by atoms with Gasteiger partial charge in [-0.15, -0.1) is 13.2 Å². The van der Waals surface area contributed by atoms with Gasteiger partial charge in [-0.3, -0.25) is 14.5 Å². The van der Waals surface area contributed by atoms with Crippen LogP contribution in [0.15, 0.2) is 24.3 Å². The van der Waals surface area contributed by atoms with E-state index in [1.165, 1.54) is 31.1 Å². The van der Waals surface area contributed by atoms with Gasteiger partial charge >= 0.3 is 12.4 Å². The maximum Gasteiger partial charge on any atom is 0.573 e. The number of urea groups is 1. The minimum atomic E-state index is -4.80. The second-order valence-corrected chi connectivity index (χ2v) is 5.48. The number of likely N-dealkylation sites (N-methyl/N-ethyl adjacent to an activating group) is 2. The molecule has 25 heavy (non-hydrogen) atoms. The number of nitrogens with one attached hydrogen (secondary N) is 1. The van der Waals surface area contributed by atoms with E-state index in [1.807, 2.05) is 0 Å². The molecule has 0 unspecified atom stereocenters. The second-order valence-electron chi connectivity index (χ2n) is 5.48. The first-order valence-corrected chi connectivity index (χ1v) is 7.24. The van der Waals surface area contributed by atoms with E-state index in [4.69, 9.17) is 0 Å². The molecule has 0 spiro atoms. The van der Waals surface area contributed by atoms with E-state index in [2.05, 4.69) is 10.1 Å². The van der Waals surface area contributed by atoms with Crippen molar-refractivity contribution < 1.29 is 32.3 Å². The van der Waals surface area contributed by atoms with E-state index >= 15 is 0 Å². The van der Waals surface area contributed by atoms with Gasteiger partial charge in [0.25, 0.3) is 5.91 Å². The number of imide groups is 1. The third kappa shape index (κ3) is 4.61. The average molecular weight is 359 g/mol. The van der Waals surface area contributed by atoms with Gasteiger partial charge in [0.1, 0.15) is 11.8 Å². The fourth-order valence-electron chi connectivity index (χ4n) is 2.38. The molecule has 1 saturated heterocycles. The van der Waals surface area contributed by atoms with E-state index in [9.17, 15) is 27.6 Å². The Morgan fingerprint density at radius 1 is 1.28 bits per heavy atom. The summed E-state index contributed by atoms with van der Waals surface area (Å²) in [6.45, 7) is -0.0394. The average Bonchev–Trinajstić information content (AvgIpc) is 2.70. The summed E-state index contributed by atoms with van der Waals surface area (Å²) in [6.07, 6.45) is -5.03. The first kappa shape index (κ1) is 18.6. The summed E-state index contributed by atoms with van der Waals surface area (Å²) < 4.78 is 40.4. The van der Waals surface area contributed by atoms with Crippen molar-refractivity contribution in [2.45, 2.75) is 25.4 Å². The molecule has 2 rings (SSSR count). The van der Waals surface area contributed by atoms with Crippen molar-refractivity contribution in [3.63, 3.8) is 0 Å². The van der Waals surface area contributed by atoms with Gasteiger partial charge in [0.2, 0.25) is 5.91 Å². The Bertz CT molecular complexity index is 693. The van der Waals surface area contributed by atoms with Crippen molar-refractivity contribution in [3.05, 3.63) is 29.8 Å². The highest BCUT2D eigenvalue weighted by Gasteiger charge is 2.41. The van der Waals surface area contributed by atoms with Crippen molar-refractivity contribution in [2.75, 3.05) is 14.1 Å². The molecular formula is C15H16F3N3O4. The largest absolute Gasteiger partial charge is 0.573 e. The Balaban J connectivity index is 1.91. The van der Waals surface area contributed by atoms with Crippen LogP contribution >= 0.6 is 0 Å². The molecule has 4 amide bonds. The number of amides is 4. The number of carbonyl (C=O) groups is 3. The minimum absolute atomic E-state index is 0.0394. The first-order chi connectivity index (χ1) is 11.6. The number of halogens is 3. The van der Waals surface area contributed by atoms with Crippen LogP contribution < -0.4 is 10.1 Å². The van der Waals surface area contributed by atoms with Gasteiger partial charge in [0.05, 0.1) is 6.42 Å². The smallest absolute Gasteiger partial charge is 0.406 e. The van der Waals surface area contributed by atoms with E-state index in [0.717, 1.165) is 17.0 Å². The number of benzene rings is 1. The van der Waals surface area contributed by atoms with Gasteiger partial charge < -0.3 is 15.0 Å². The molecule has 10 heteroatoms. The molecule has 0 radical (unpaired) electrons. The van der Waals surface area contributed by atoms with Gasteiger partial charge in [0, 0.05) is 20.6 Å². The number of hydrogen-bond acceptors (Lipinski definition) is 4. The molecule has 0 bridgehead atoms. The van der Waals surface area contributed by atoms with Gasteiger partial charge in [0.15, 0.2) is 0 Å². The Labute approximate surface area is 141 Å². The topological polar surface area (TPSA) is 79.0 Å². The van der Waals surface area contributed by atoms with E-state index in [-0.39, 0.29) is 13.0 Å². The standard InChI is InChI=1S/C15H16F3N3O4/c1-20-11(13(23)21(2)14(20)24)7-12(22)19-8-9-4-3-5-10(6-9)25-15(16,17)18/h3-6,11H,7-8H2,1-2H3,(H,19,22)/t11-/m1/s1. The zero-order valence-electron chi connectivity index (χ0n) is 13.5. The summed E-state index contributed by atoms with van der Waals surface area (Å²) in [6, 6.07) is 3.79. The van der Waals surface area contributed by atoms with Gasteiger partial charge in [-0.2, -0.15) is 0 Å². The van der Waals surface area contributed by atoms with Crippen LogP contribution in [0.3, 0.4) is 0 Å². The Kier molecular flexibility index (Phi) is 5.19. The van der Waals surface area contributed by atoms with Crippen LogP contribution in [-0.4, -0.2) is 54.1 Å². The molecule has 0 aromatic heterocycles. The zero-order chi connectivity index (χ0) is 18.8. The molecule has 1 N–H and O–H groups in total. The summed E-state index contributed by atoms with van der Waals surface area (Å²) in [4.78, 5) is 37.6. The SMILES string of the molecule is CN1C(=O)[C@@H](CC(=O)NCc2cccc(OC(F)(F)F)c2)N(C)C1=O. The predicted octanol–water partition coefficient (Wildman–Crippen LogP) is 1.48. The Morgan fingerprint density at radius 2 is 1.96 bits per heavy atom. The number of hydrogen-bond donors (Lipinski definition) is 1. The van der Waals surface area contributed by atoms with E-state index < -0.39 is 36.0 Å². The van der Waals surface area contributed by atoms with Crippen molar-refractivity contribution in [3.8, 4) is 5.75 Å². The highest BCUT2D eigenvalue weighted by Crippen LogP contribution is 2.23. The van der Waals surface area contributed by atoms with Crippen molar-refractivity contribution in [2.24, 2.45) is 0 Å². The molecule has 1 aliphatic rings. The third-order valence-corrected chi connectivity index (χ3v) is 3.67. The van der Waals surface area contributed by atoms with Crippen molar-refractivity contribution in [1.82, 2.24) is 15.1 Å². The lowest BCUT2D eigenvalue weighted by atomic mass is 10.1. The molecule has 1 aliphatic heterocycles. The second kappa shape index (κ2) is 6.99. The van der Waals surface area contributed by atoms with E-state index in [1.54, 1.807) is 0 Å². The number of nitrogens with zero attached hydrogens (tertiary/aromatic N) is 2. The van der Waals surface area contributed by atoms with Gasteiger partial charge in [-0.1, -0.05) is 12.1 Å². The van der Waals surface area contributed by atoms with Gasteiger partial charge in [-0.05, 0) is 17.7 Å². The molecule has 1 aromatic rings. The Hall–Kier alpha value is -2.78. The molecular weight excluding hydrogens is 343 g/mol. The summed E-state index contributed by atoms with van der Waals surface area (Å²) >= 11 is 0. The molecule has 1 aromatic carbocycles. The Morgan fingerprint density at radius 3 is 2.52 bits per heavy atom. The first-order valence-electron chi connectivity index (χ1n) is 7.24. The van der Waals surface area contributed by atoms with Crippen LogP contribution in [0, 0.1) is 0 Å². The quantitative estimate of drug-likeness (QED) is 0.808. The maximum absolute atomic E-state index is 12.2. The lowest BCUT2D eigenvalue weighted by Crippen LogP contribution is -2.37. The summed E-state index contributed by atoms with van der Waals surface area (Å²) in [5, 5.41) is 2.50. The molecule has 1 heterocycles. The lowest BCUT2D eigenvalue weighted by molar-refractivity contribution is -0.274. The van der Waals surface area contributed by atoms with Crippen LogP contribution in [0.2, 0.25) is 0 Å². The molecule has 136 valence electrons. The van der Waals surface area contributed by atoms with Crippen molar-refractivity contribution >= 4 is 17.8 Å². The van der Waals surface area contributed by atoms with Crippen LogP contribution in [-0.2, 0) is 16.1 Å². The van der Waals surface area contributed by atoms with E-state index in [0.29, 0.717) is 5.56 Å². The molecule has 0 saturated carbocycles. The summed E-state index contributed by atoms with van der Waals surface area (Å²) in [5.41, 5.74) is 0.398. The minimum Gasteiger partial charge on any atom is -0.406 e. The molecule has 7 nitrogen and oxygen atoms in total. The number of carbonyl (C=O) groups excluding carboxylic acids is 3. The normalized spacial score (nSPS) is 17.9. The fourth-order valence-corrected chi connectivity index (χ4v) is 2.38. The number of ether oxygens (including phenoxy) is 1. The van der Waals surface area contributed by atoms with Crippen LogP contribution in [0.5, 0.6) is 5.75 Å². The lowest BCUT2D eigenvalue weighted by Gasteiger charge is -2.16. The molecule has 1 fully saturated rings. The number of rotatable bonds is 5.